The molecular formula is C10H11BrFNO3S. The molecule has 1 aromatic rings. The van der Waals surface area contributed by atoms with Crippen molar-refractivity contribution < 1.29 is 17.6 Å². The van der Waals surface area contributed by atoms with Gasteiger partial charge >= 0.3 is 0 Å². The molecule has 1 aromatic carbocycles. The Morgan fingerprint density at radius 1 is 1.47 bits per heavy atom. The Bertz CT molecular complexity index is 530. The van der Waals surface area contributed by atoms with Gasteiger partial charge in [-0.25, -0.2) is 12.8 Å². The number of benzene rings is 1. The van der Waals surface area contributed by atoms with E-state index in [9.17, 15) is 17.6 Å². The van der Waals surface area contributed by atoms with Crippen molar-refractivity contribution >= 4 is 37.4 Å². The zero-order valence-electron chi connectivity index (χ0n) is 9.04. The number of nitrogens with one attached hydrogen (secondary N) is 1. The van der Waals surface area contributed by atoms with Gasteiger partial charge in [0.25, 0.3) is 0 Å². The van der Waals surface area contributed by atoms with Gasteiger partial charge in [0.2, 0.25) is 5.91 Å². The Morgan fingerprint density at radius 2 is 2.12 bits per heavy atom. The lowest BCUT2D eigenvalue weighted by atomic mass is 10.3. The van der Waals surface area contributed by atoms with Crippen LogP contribution >= 0.6 is 15.9 Å². The Hall–Kier alpha value is -0.950. The van der Waals surface area contributed by atoms with Gasteiger partial charge in [0, 0.05) is 18.4 Å². The third-order valence-corrected chi connectivity index (χ3v) is 3.46. The molecule has 0 aromatic heterocycles. The molecule has 0 aliphatic heterocycles. The Morgan fingerprint density at radius 3 is 2.65 bits per heavy atom. The fraction of sp³-hybridized carbons (Fsp3) is 0.300. The predicted octanol–water partition coefficient (Wildman–Crippen LogP) is 1.96. The van der Waals surface area contributed by atoms with Crippen molar-refractivity contribution in [2.75, 3.05) is 17.3 Å². The molecule has 0 atom stereocenters. The summed E-state index contributed by atoms with van der Waals surface area (Å²) < 4.78 is 34.8. The second kappa shape index (κ2) is 5.59. The van der Waals surface area contributed by atoms with E-state index in [-0.39, 0.29) is 16.6 Å². The zero-order chi connectivity index (χ0) is 13.1. The summed E-state index contributed by atoms with van der Waals surface area (Å²) in [4.78, 5) is 11.4. The fourth-order valence-corrected chi connectivity index (χ4v) is 2.01. The summed E-state index contributed by atoms with van der Waals surface area (Å²) in [6.45, 7) is 0. The number of hydrogen-bond acceptors (Lipinski definition) is 3. The predicted molar refractivity (Wildman–Crippen MR) is 67.1 cm³/mol. The molecule has 0 aliphatic carbocycles. The van der Waals surface area contributed by atoms with Gasteiger partial charge in [-0.05, 0) is 34.1 Å². The van der Waals surface area contributed by atoms with Crippen LogP contribution in [0.1, 0.15) is 6.42 Å². The van der Waals surface area contributed by atoms with Crippen molar-refractivity contribution in [3.05, 3.63) is 28.5 Å². The van der Waals surface area contributed by atoms with E-state index in [4.69, 9.17) is 0 Å². The number of sulfone groups is 1. The van der Waals surface area contributed by atoms with Crippen LogP contribution in [0, 0.1) is 5.82 Å². The summed E-state index contributed by atoms with van der Waals surface area (Å²) in [5.74, 6) is -1.06. The molecular weight excluding hydrogens is 313 g/mol. The quantitative estimate of drug-likeness (QED) is 0.921. The van der Waals surface area contributed by atoms with Gasteiger partial charge in [-0.15, -0.1) is 0 Å². The zero-order valence-corrected chi connectivity index (χ0v) is 11.4. The highest BCUT2D eigenvalue weighted by atomic mass is 79.9. The standard InChI is InChI=1S/C10H11BrFNO3S/c1-17(15,16)5-4-10(14)13-7-2-3-9(12)8(11)6-7/h2-3,6H,4-5H2,1H3,(H,13,14). The van der Waals surface area contributed by atoms with Crippen LogP contribution in [-0.4, -0.2) is 26.3 Å². The lowest BCUT2D eigenvalue weighted by molar-refractivity contribution is -0.115. The third-order valence-electron chi connectivity index (χ3n) is 1.90. The molecule has 1 amide bonds. The maximum absolute atomic E-state index is 12.9. The maximum atomic E-state index is 12.9. The monoisotopic (exact) mass is 323 g/mol. The van der Waals surface area contributed by atoms with Crippen LogP contribution in [-0.2, 0) is 14.6 Å². The molecule has 0 aliphatic rings. The minimum Gasteiger partial charge on any atom is -0.326 e. The first kappa shape index (κ1) is 14.1. The lowest BCUT2D eigenvalue weighted by Crippen LogP contribution is -2.16. The van der Waals surface area contributed by atoms with Crippen LogP contribution in [0.3, 0.4) is 0 Å². The molecule has 1 N–H and O–H groups in total. The molecule has 0 heterocycles. The average molecular weight is 324 g/mol. The number of halogens is 2. The van der Waals surface area contributed by atoms with Crippen LogP contribution < -0.4 is 5.32 Å². The van der Waals surface area contributed by atoms with Crippen LogP contribution in [0.25, 0.3) is 0 Å². The van der Waals surface area contributed by atoms with Crippen molar-refractivity contribution in [1.29, 1.82) is 0 Å². The van der Waals surface area contributed by atoms with Crippen molar-refractivity contribution in [3.63, 3.8) is 0 Å². The van der Waals surface area contributed by atoms with E-state index in [1.54, 1.807) is 0 Å². The molecule has 17 heavy (non-hydrogen) atoms. The highest BCUT2D eigenvalue weighted by molar-refractivity contribution is 9.10. The average Bonchev–Trinajstić information content (AvgIpc) is 2.20. The van der Waals surface area contributed by atoms with Gasteiger partial charge in [-0.3, -0.25) is 4.79 Å². The number of anilines is 1. The lowest BCUT2D eigenvalue weighted by Gasteiger charge is -2.05. The van der Waals surface area contributed by atoms with E-state index in [0.717, 1.165) is 6.26 Å². The second-order valence-electron chi connectivity index (χ2n) is 3.56. The molecule has 0 bridgehead atoms. The van der Waals surface area contributed by atoms with Gasteiger partial charge in [0.15, 0.2) is 0 Å². The summed E-state index contributed by atoms with van der Waals surface area (Å²) in [5.41, 5.74) is 0.414. The topological polar surface area (TPSA) is 63.2 Å². The Kier molecular flexibility index (Phi) is 4.64. The second-order valence-corrected chi connectivity index (χ2v) is 6.67. The van der Waals surface area contributed by atoms with Crippen LogP contribution in [0.4, 0.5) is 10.1 Å². The summed E-state index contributed by atoms with van der Waals surface area (Å²) in [6.07, 6.45) is 0.947. The van der Waals surface area contributed by atoms with Gasteiger partial charge in [-0.1, -0.05) is 0 Å². The summed E-state index contributed by atoms with van der Waals surface area (Å²) in [7, 11) is -3.16. The van der Waals surface area contributed by atoms with Crippen LogP contribution in [0.15, 0.2) is 22.7 Å². The van der Waals surface area contributed by atoms with Crippen molar-refractivity contribution in [2.45, 2.75) is 6.42 Å². The smallest absolute Gasteiger partial charge is 0.225 e. The van der Waals surface area contributed by atoms with E-state index in [0.29, 0.717) is 5.69 Å². The van der Waals surface area contributed by atoms with E-state index >= 15 is 0 Å². The van der Waals surface area contributed by atoms with Crippen molar-refractivity contribution in [3.8, 4) is 0 Å². The Balaban J connectivity index is 2.59. The maximum Gasteiger partial charge on any atom is 0.225 e. The number of hydrogen-bond donors (Lipinski definition) is 1. The van der Waals surface area contributed by atoms with E-state index in [1.807, 2.05) is 0 Å². The normalized spacial score (nSPS) is 11.2. The molecule has 0 spiro atoms. The molecule has 0 saturated heterocycles. The molecule has 1 rings (SSSR count). The summed E-state index contributed by atoms with van der Waals surface area (Å²) in [6, 6.07) is 4.02. The van der Waals surface area contributed by atoms with Gasteiger partial charge in [-0.2, -0.15) is 0 Å². The minimum absolute atomic E-state index is 0.117. The van der Waals surface area contributed by atoms with Gasteiger partial charge in [0.1, 0.15) is 15.7 Å². The Labute approximate surface area is 107 Å². The van der Waals surface area contributed by atoms with E-state index in [2.05, 4.69) is 21.2 Å². The minimum atomic E-state index is -3.16. The first-order valence-corrected chi connectivity index (χ1v) is 7.56. The summed E-state index contributed by atoms with van der Waals surface area (Å²) in [5, 5.41) is 2.48. The molecule has 0 saturated carbocycles. The first-order chi connectivity index (χ1) is 7.78. The fourth-order valence-electron chi connectivity index (χ4n) is 1.08. The molecule has 94 valence electrons. The van der Waals surface area contributed by atoms with Gasteiger partial charge in [0.05, 0.1) is 10.2 Å². The summed E-state index contributed by atoms with van der Waals surface area (Å²) >= 11 is 2.98. The van der Waals surface area contributed by atoms with Crippen molar-refractivity contribution in [2.24, 2.45) is 0 Å². The number of rotatable bonds is 4. The van der Waals surface area contributed by atoms with Gasteiger partial charge < -0.3 is 5.32 Å². The van der Waals surface area contributed by atoms with E-state index in [1.165, 1.54) is 18.2 Å². The van der Waals surface area contributed by atoms with Crippen LogP contribution in [0.2, 0.25) is 0 Å². The molecule has 7 heteroatoms. The molecule has 4 nitrogen and oxygen atoms in total. The number of carbonyl (C=O) groups excluding carboxylic acids is 1. The van der Waals surface area contributed by atoms with Crippen molar-refractivity contribution in [1.82, 2.24) is 0 Å². The first-order valence-electron chi connectivity index (χ1n) is 4.70. The molecule has 0 unspecified atom stereocenters. The highest BCUT2D eigenvalue weighted by Crippen LogP contribution is 2.20. The highest BCUT2D eigenvalue weighted by Gasteiger charge is 2.09. The number of amides is 1. The molecule has 0 fully saturated rings. The van der Waals surface area contributed by atoms with E-state index < -0.39 is 21.6 Å². The number of carbonyl (C=O) groups is 1. The van der Waals surface area contributed by atoms with Crippen LogP contribution in [0.5, 0.6) is 0 Å². The molecule has 0 radical (unpaired) electrons. The SMILES string of the molecule is CS(=O)(=O)CCC(=O)Nc1ccc(F)c(Br)c1. The third kappa shape index (κ3) is 5.27. The largest absolute Gasteiger partial charge is 0.326 e.